The number of amides is 2. The van der Waals surface area contributed by atoms with Gasteiger partial charge in [-0.15, -0.1) is 11.8 Å². The monoisotopic (exact) mass is 426 g/mol. The quantitative estimate of drug-likeness (QED) is 0.758. The highest BCUT2D eigenvalue weighted by atomic mass is 32.2. The lowest BCUT2D eigenvalue weighted by atomic mass is 9.95. The Morgan fingerprint density at radius 1 is 1.10 bits per heavy atom. The van der Waals surface area contributed by atoms with Crippen LogP contribution in [-0.4, -0.2) is 41.8 Å². The summed E-state index contributed by atoms with van der Waals surface area (Å²) < 4.78 is 10.7. The molecule has 1 fully saturated rings. The Kier molecular flexibility index (Phi) is 6.47. The summed E-state index contributed by atoms with van der Waals surface area (Å²) in [6.07, 6.45) is 1.36. The number of fused-ring (bicyclic) bond motifs is 1. The van der Waals surface area contributed by atoms with Crippen LogP contribution in [0.25, 0.3) is 0 Å². The first kappa shape index (κ1) is 20.6. The van der Waals surface area contributed by atoms with Crippen molar-refractivity contribution in [2.75, 3.05) is 25.2 Å². The average Bonchev–Trinajstić information content (AvgIpc) is 3.25. The standard InChI is InChI=1S/C23H26N2O4S/c1-16(30-14-17-5-3-2-4-6-17)23(27)25-11-9-18(10-12-25)22(26)24-19-7-8-20-21(13-19)29-15-28-20/h2-8,13,16,18H,9-12,14-15H2,1H3,(H,24,26). The predicted molar refractivity (Wildman–Crippen MR) is 118 cm³/mol. The fourth-order valence-electron chi connectivity index (χ4n) is 3.70. The molecule has 6 nitrogen and oxygen atoms in total. The minimum absolute atomic E-state index is 0.00698. The van der Waals surface area contributed by atoms with Crippen LogP contribution in [0, 0.1) is 5.92 Å². The Morgan fingerprint density at radius 2 is 1.83 bits per heavy atom. The van der Waals surface area contributed by atoms with E-state index >= 15 is 0 Å². The van der Waals surface area contributed by atoms with Crippen molar-refractivity contribution < 1.29 is 19.1 Å². The molecule has 7 heteroatoms. The van der Waals surface area contributed by atoms with Crippen LogP contribution in [0.2, 0.25) is 0 Å². The van der Waals surface area contributed by atoms with Gasteiger partial charge in [0.05, 0.1) is 5.25 Å². The summed E-state index contributed by atoms with van der Waals surface area (Å²) in [6, 6.07) is 15.6. The highest BCUT2D eigenvalue weighted by Crippen LogP contribution is 2.34. The number of hydrogen-bond acceptors (Lipinski definition) is 5. The molecule has 2 aromatic carbocycles. The molecule has 1 N–H and O–H groups in total. The summed E-state index contributed by atoms with van der Waals surface area (Å²) in [5.74, 6) is 2.22. The Hall–Kier alpha value is -2.67. The van der Waals surface area contributed by atoms with Crippen LogP contribution in [0.15, 0.2) is 48.5 Å². The normalized spacial score (nSPS) is 16.9. The second-order valence-corrected chi connectivity index (χ2v) is 8.92. The van der Waals surface area contributed by atoms with E-state index in [0.717, 1.165) is 5.75 Å². The number of carbonyl (C=O) groups excluding carboxylic acids is 2. The Bertz CT molecular complexity index is 897. The molecule has 2 amide bonds. The molecule has 0 spiro atoms. The molecule has 1 atom stereocenters. The zero-order chi connectivity index (χ0) is 20.9. The maximum atomic E-state index is 12.8. The van der Waals surface area contributed by atoms with Crippen LogP contribution in [0.4, 0.5) is 5.69 Å². The molecule has 30 heavy (non-hydrogen) atoms. The van der Waals surface area contributed by atoms with Crippen LogP contribution in [0.1, 0.15) is 25.3 Å². The highest BCUT2D eigenvalue weighted by molar-refractivity contribution is 7.99. The molecular formula is C23H26N2O4S. The van der Waals surface area contributed by atoms with E-state index in [0.29, 0.717) is 43.1 Å². The molecule has 0 aromatic heterocycles. The molecule has 2 heterocycles. The van der Waals surface area contributed by atoms with Crippen molar-refractivity contribution in [3.8, 4) is 11.5 Å². The molecule has 0 saturated carbocycles. The van der Waals surface area contributed by atoms with Gasteiger partial charge in [0.25, 0.3) is 0 Å². The van der Waals surface area contributed by atoms with Crippen LogP contribution < -0.4 is 14.8 Å². The molecule has 4 rings (SSSR count). The first-order chi connectivity index (χ1) is 14.6. The van der Waals surface area contributed by atoms with E-state index in [9.17, 15) is 9.59 Å². The van der Waals surface area contributed by atoms with Gasteiger partial charge in [0.15, 0.2) is 11.5 Å². The maximum absolute atomic E-state index is 12.8. The number of ether oxygens (including phenoxy) is 2. The second kappa shape index (κ2) is 9.43. The van der Waals surface area contributed by atoms with E-state index in [2.05, 4.69) is 17.4 Å². The lowest BCUT2D eigenvalue weighted by molar-refractivity contribution is -0.133. The predicted octanol–water partition coefficient (Wildman–Crippen LogP) is 3.91. The van der Waals surface area contributed by atoms with Gasteiger partial charge in [0.1, 0.15) is 0 Å². The zero-order valence-electron chi connectivity index (χ0n) is 17.0. The molecule has 2 aliphatic heterocycles. The van der Waals surface area contributed by atoms with Gasteiger partial charge in [-0.1, -0.05) is 30.3 Å². The fraction of sp³-hybridized carbons (Fsp3) is 0.391. The van der Waals surface area contributed by atoms with Crippen molar-refractivity contribution in [3.05, 3.63) is 54.1 Å². The third-order valence-corrected chi connectivity index (χ3v) is 6.71. The molecule has 158 valence electrons. The van der Waals surface area contributed by atoms with Gasteiger partial charge in [0.2, 0.25) is 18.6 Å². The number of hydrogen-bond donors (Lipinski definition) is 1. The number of benzene rings is 2. The number of thioether (sulfide) groups is 1. The first-order valence-electron chi connectivity index (χ1n) is 10.2. The van der Waals surface area contributed by atoms with Crippen molar-refractivity contribution in [2.24, 2.45) is 5.92 Å². The highest BCUT2D eigenvalue weighted by Gasteiger charge is 2.29. The summed E-state index contributed by atoms with van der Waals surface area (Å²) in [7, 11) is 0. The van der Waals surface area contributed by atoms with Crippen molar-refractivity contribution in [3.63, 3.8) is 0 Å². The van der Waals surface area contributed by atoms with Gasteiger partial charge in [-0.25, -0.2) is 0 Å². The third kappa shape index (κ3) is 4.90. The SMILES string of the molecule is CC(SCc1ccccc1)C(=O)N1CCC(C(=O)Nc2ccc3c(c2)OCO3)CC1. The lowest BCUT2D eigenvalue weighted by Crippen LogP contribution is -2.44. The second-order valence-electron chi connectivity index (χ2n) is 7.60. The molecule has 1 unspecified atom stereocenters. The van der Waals surface area contributed by atoms with Crippen molar-refractivity contribution >= 4 is 29.3 Å². The summed E-state index contributed by atoms with van der Waals surface area (Å²) >= 11 is 1.66. The summed E-state index contributed by atoms with van der Waals surface area (Å²) in [4.78, 5) is 27.3. The lowest BCUT2D eigenvalue weighted by Gasteiger charge is -2.33. The van der Waals surface area contributed by atoms with Gasteiger partial charge in [-0.05, 0) is 37.5 Å². The smallest absolute Gasteiger partial charge is 0.235 e. The molecule has 0 radical (unpaired) electrons. The van der Waals surface area contributed by atoms with E-state index in [1.807, 2.05) is 36.1 Å². The van der Waals surface area contributed by atoms with Crippen LogP contribution in [-0.2, 0) is 15.3 Å². The van der Waals surface area contributed by atoms with Crippen LogP contribution in [0.5, 0.6) is 11.5 Å². The number of carbonyl (C=O) groups is 2. The topological polar surface area (TPSA) is 67.9 Å². The Morgan fingerprint density at radius 3 is 2.60 bits per heavy atom. The van der Waals surface area contributed by atoms with Crippen molar-refractivity contribution in [2.45, 2.75) is 30.8 Å². The average molecular weight is 427 g/mol. The summed E-state index contributed by atoms with van der Waals surface area (Å²) in [5.41, 5.74) is 1.93. The largest absolute Gasteiger partial charge is 0.454 e. The minimum Gasteiger partial charge on any atom is -0.454 e. The summed E-state index contributed by atoms with van der Waals surface area (Å²) in [6.45, 7) is 3.41. The molecule has 2 aliphatic rings. The van der Waals surface area contributed by atoms with Crippen LogP contribution >= 0.6 is 11.8 Å². The number of anilines is 1. The van der Waals surface area contributed by atoms with Gasteiger partial charge in [0, 0.05) is 36.5 Å². The minimum atomic E-state index is -0.0933. The number of likely N-dealkylation sites (tertiary alicyclic amines) is 1. The van der Waals surface area contributed by atoms with E-state index in [4.69, 9.17) is 9.47 Å². The van der Waals surface area contributed by atoms with Crippen LogP contribution in [0.3, 0.4) is 0 Å². The fourth-order valence-corrected chi connectivity index (χ4v) is 4.63. The summed E-state index contributed by atoms with van der Waals surface area (Å²) in [5, 5.41) is 2.87. The van der Waals surface area contributed by atoms with Gasteiger partial charge < -0.3 is 19.7 Å². The third-order valence-electron chi connectivity index (χ3n) is 5.51. The number of nitrogens with zero attached hydrogens (tertiary/aromatic N) is 1. The molecule has 0 bridgehead atoms. The van der Waals surface area contributed by atoms with Gasteiger partial charge in [-0.3, -0.25) is 9.59 Å². The number of piperidine rings is 1. The van der Waals surface area contributed by atoms with E-state index < -0.39 is 0 Å². The first-order valence-corrected chi connectivity index (χ1v) is 11.3. The Balaban J connectivity index is 1.23. The zero-order valence-corrected chi connectivity index (χ0v) is 17.8. The van der Waals surface area contributed by atoms with E-state index in [1.54, 1.807) is 23.9 Å². The van der Waals surface area contributed by atoms with E-state index in [-0.39, 0.29) is 29.8 Å². The van der Waals surface area contributed by atoms with Crippen molar-refractivity contribution in [1.29, 1.82) is 0 Å². The Labute approximate surface area is 180 Å². The molecule has 2 aromatic rings. The van der Waals surface area contributed by atoms with Gasteiger partial charge in [-0.2, -0.15) is 0 Å². The van der Waals surface area contributed by atoms with Crippen molar-refractivity contribution in [1.82, 2.24) is 4.90 Å². The molecule has 0 aliphatic carbocycles. The number of nitrogens with one attached hydrogen (secondary N) is 1. The van der Waals surface area contributed by atoms with Gasteiger partial charge >= 0.3 is 0 Å². The number of rotatable bonds is 6. The van der Waals surface area contributed by atoms with E-state index in [1.165, 1.54) is 5.56 Å². The molecule has 1 saturated heterocycles. The maximum Gasteiger partial charge on any atom is 0.235 e. The molecular weight excluding hydrogens is 400 g/mol.